The van der Waals surface area contributed by atoms with Gasteiger partial charge in [0.1, 0.15) is 0 Å². The average molecular weight is 386 g/mol. The van der Waals surface area contributed by atoms with E-state index in [2.05, 4.69) is 12.2 Å². The summed E-state index contributed by atoms with van der Waals surface area (Å²) < 4.78 is 0. The van der Waals surface area contributed by atoms with E-state index in [0.29, 0.717) is 17.5 Å². The number of imide groups is 1. The van der Waals surface area contributed by atoms with Gasteiger partial charge in [-0.3, -0.25) is 24.6 Å². The molecule has 6 nitrogen and oxygen atoms in total. The first-order chi connectivity index (χ1) is 14.0. The lowest BCUT2D eigenvalue weighted by Gasteiger charge is -2.37. The van der Waals surface area contributed by atoms with Crippen LogP contribution in [0.1, 0.15) is 6.42 Å². The van der Waals surface area contributed by atoms with E-state index in [1.54, 1.807) is 24.3 Å². The minimum atomic E-state index is -0.428. The summed E-state index contributed by atoms with van der Waals surface area (Å²) >= 11 is 0. The molecule has 2 amide bonds. The van der Waals surface area contributed by atoms with Crippen molar-refractivity contribution in [2.75, 3.05) is 4.90 Å². The van der Waals surface area contributed by atoms with Crippen LogP contribution in [0.5, 0.6) is 0 Å². The van der Waals surface area contributed by atoms with Gasteiger partial charge in [-0.05, 0) is 65.5 Å². The number of nitro benzene ring substituents is 1. The lowest BCUT2D eigenvalue weighted by atomic mass is 9.63. The van der Waals surface area contributed by atoms with Crippen molar-refractivity contribution in [3.8, 4) is 11.1 Å². The van der Waals surface area contributed by atoms with Crippen LogP contribution in [0.4, 0.5) is 11.4 Å². The number of hydrogen-bond acceptors (Lipinski definition) is 4. The average Bonchev–Trinajstić information content (AvgIpc) is 3.52. The van der Waals surface area contributed by atoms with Crippen molar-refractivity contribution in [1.82, 2.24) is 0 Å². The maximum atomic E-state index is 13.2. The quantitative estimate of drug-likeness (QED) is 0.348. The Morgan fingerprint density at radius 3 is 1.76 bits per heavy atom. The first-order valence-corrected chi connectivity index (χ1v) is 9.95. The fourth-order valence-corrected chi connectivity index (χ4v) is 5.79. The zero-order valence-corrected chi connectivity index (χ0v) is 15.5. The maximum absolute atomic E-state index is 13.2. The fraction of sp³-hybridized carbons (Fsp3) is 0.304. The SMILES string of the molecule is O=C1[C@@H]2[C@H]3C=C[C@@H]([C@@H]4C[C@H]34)[C@H]2C(=O)N1c1ccc(-c2ccc([N+](=O)[O-])cc2)cc1. The zero-order chi connectivity index (χ0) is 19.9. The Morgan fingerprint density at radius 2 is 1.28 bits per heavy atom. The van der Waals surface area contributed by atoms with Gasteiger partial charge in [-0.2, -0.15) is 0 Å². The standard InChI is InChI=1S/C23H18N2O4/c26-22-20-16-9-10-17(19-11-18(16)19)21(20)23(27)24(22)14-5-1-12(2-6-14)13-3-7-15(8-4-13)25(28)29/h1-10,16-21H,11H2/t16-,17-,18-,19+,20+,21+/m0/s1. The van der Waals surface area contributed by atoms with E-state index in [4.69, 9.17) is 0 Å². The molecule has 6 heteroatoms. The highest BCUT2D eigenvalue weighted by Gasteiger charge is 2.67. The van der Waals surface area contributed by atoms with Crippen molar-refractivity contribution in [1.29, 1.82) is 0 Å². The largest absolute Gasteiger partial charge is 0.274 e. The number of nitrogens with zero attached hydrogens (tertiary/aromatic N) is 2. The summed E-state index contributed by atoms with van der Waals surface area (Å²) in [6, 6.07) is 13.6. The summed E-state index contributed by atoms with van der Waals surface area (Å²) in [5, 5.41) is 10.8. The lowest BCUT2D eigenvalue weighted by molar-refractivity contribution is -0.384. The second kappa shape index (κ2) is 5.63. The number of rotatable bonds is 3. The number of benzene rings is 2. The van der Waals surface area contributed by atoms with Crippen LogP contribution in [-0.2, 0) is 9.59 Å². The summed E-state index contributed by atoms with van der Waals surface area (Å²) in [5.41, 5.74) is 2.37. The predicted molar refractivity (Wildman–Crippen MR) is 106 cm³/mol. The molecule has 3 fully saturated rings. The monoisotopic (exact) mass is 386 g/mol. The smallest absolute Gasteiger partial charge is 0.269 e. The zero-order valence-electron chi connectivity index (χ0n) is 15.5. The van der Waals surface area contributed by atoms with Gasteiger partial charge in [0.15, 0.2) is 0 Å². The van der Waals surface area contributed by atoms with Crippen LogP contribution >= 0.6 is 0 Å². The van der Waals surface area contributed by atoms with Gasteiger partial charge < -0.3 is 0 Å². The first kappa shape index (κ1) is 16.7. The molecule has 5 aliphatic rings. The molecular weight excluding hydrogens is 368 g/mol. The van der Waals surface area contributed by atoms with Crippen molar-refractivity contribution in [2.24, 2.45) is 35.5 Å². The number of allylic oxidation sites excluding steroid dienone is 2. The second-order valence-corrected chi connectivity index (χ2v) is 8.52. The molecule has 4 aliphatic carbocycles. The third kappa shape index (κ3) is 2.23. The molecule has 2 bridgehead atoms. The third-order valence-electron chi connectivity index (χ3n) is 7.20. The van der Waals surface area contributed by atoms with Crippen molar-refractivity contribution in [3.63, 3.8) is 0 Å². The molecular formula is C23H18N2O4. The van der Waals surface area contributed by atoms with Crippen molar-refractivity contribution in [2.45, 2.75) is 6.42 Å². The lowest BCUT2D eigenvalue weighted by Crippen LogP contribution is -2.40. The van der Waals surface area contributed by atoms with E-state index in [1.807, 2.05) is 12.1 Å². The summed E-state index contributed by atoms with van der Waals surface area (Å²) in [7, 11) is 0. The molecule has 1 heterocycles. The van der Waals surface area contributed by atoms with Gasteiger partial charge in [0.2, 0.25) is 11.8 Å². The van der Waals surface area contributed by atoms with Crippen LogP contribution in [0.15, 0.2) is 60.7 Å². The number of non-ortho nitro benzene ring substituents is 1. The van der Waals surface area contributed by atoms with E-state index < -0.39 is 4.92 Å². The van der Waals surface area contributed by atoms with Crippen molar-refractivity contribution >= 4 is 23.2 Å². The molecule has 1 saturated heterocycles. The molecule has 6 atom stereocenters. The minimum Gasteiger partial charge on any atom is -0.274 e. The Hall–Kier alpha value is -3.28. The Bertz CT molecular complexity index is 1050. The predicted octanol–water partition coefficient (Wildman–Crippen LogP) is 3.82. The highest BCUT2D eigenvalue weighted by atomic mass is 16.6. The number of nitro groups is 1. The van der Waals surface area contributed by atoms with Gasteiger partial charge in [0.25, 0.3) is 5.69 Å². The van der Waals surface area contributed by atoms with E-state index >= 15 is 0 Å². The van der Waals surface area contributed by atoms with Crippen LogP contribution < -0.4 is 4.90 Å². The molecule has 0 spiro atoms. The molecule has 0 aromatic heterocycles. The van der Waals surface area contributed by atoms with Gasteiger partial charge in [0.05, 0.1) is 22.4 Å². The molecule has 0 unspecified atom stereocenters. The number of carbonyl (C=O) groups excluding carboxylic acids is 2. The van der Waals surface area contributed by atoms with E-state index in [0.717, 1.165) is 17.5 Å². The normalized spacial score (nSPS) is 33.6. The fourth-order valence-electron chi connectivity index (χ4n) is 5.79. The van der Waals surface area contributed by atoms with Gasteiger partial charge in [0, 0.05) is 12.1 Å². The molecule has 144 valence electrons. The van der Waals surface area contributed by atoms with Crippen LogP contribution in [0.25, 0.3) is 11.1 Å². The van der Waals surface area contributed by atoms with Crippen molar-refractivity contribution < 1.29 is 14.5 Å². The molecule has 2 aromatic rings. The number of carbonyl (C=O) groups is 2. The van der Waals surface area contributed by atoms with Crippen LogP contribution in [0.3, 0.4) is 0 Å². The number of anilines is 1. The Balaban J connectivity index is 1.29. The number of amides is 2. The summed E-state index contributed by atoms with van der Waals surface area (Å²) in [4.78, 5) is 38.1. The van der Waals surface area contributed by atoms with Crippen LogP contribution in [0, 0.1) is 45.6 Å². The highest BCUT2D eigenvalue weighted by Crippen LogP contribution is 2.65. The van der Waals surface area contributed by atoms with E-state index in [9.17, 15) is 19.7 Å². The molecule has 29 heavy (non-hydrogen) atoms. The number of hydrogen-bond donors (Lipinski definition) is 0. The Kier molecular flexibility index (Phi) is 3.23. The van der Waals surface area contributed by atoms with E-state index in [1.165, 1.54) is 17.0 Å². The van der Waals surface area contributed by atoms with Crippen LogP contribution in [-0.4, -0.2) is 16.7 Å². The van der Waals surface area contributed by atoms with Gasteiger partial charge >= 0.3 is 0 Å². The van der Waals surface area contributed by atoms with Gasteiger partial charge in [-0.15, -0.1) is 0 Å². The molecule has 2 saturated carbocycles. The topological polar surface area (TPSA) is 80.5 Å². The molecule has 7 rings (SSSR count). The molecule has 1 aliphatic heterocycles. The maximum Gasteiger partial charge on any atom is 0.269 e. The Labute approximate surface area is 167 Å². The van der Waals surface area contributed by atoms with Crippen LogP contribution in [0.2, 0.25) is 0 Å². The minimum absolute atomic E-state index is 0.0440. The molecule has 2 aromatic carbocycles. The second-order valence-electron chi connectivity index (χ2n) is 8.52. The first-order valence-electron chi connectivity index (χ1n) is 9.95. The van der Waals surface area contributed by atoms with E-state index in [-0.39, 0.29) is 41.2 Å². The summed E-state index contributed by atoms with van der Waals surface area (Å²) in [6.45, 7) is 0. The van der Waals surface area contributed by atoms with Gasteiger partial charge in [-0.1, -0.05) is 24.3 Å². The molecule has 0 N–H and O–H groups in total. The third-order valence-corrected chi connectivity index (χ3v) is 7.20. The van der Waals surface area contributed by atoms with Gasteiger partial charge in [-0.25, -0.2) is 0 Å². The molecule has 0 radical (unpaired) electrons. The van der Waals surface area contributed by atoms with Crippen molar-refractivity contribution in [3.05, 3.63) is 70.8 Å². The summed E-state index contributed by atoms with van der Waals surface area (Å²) in [5.74, 6) is 1.10. The Morgan fingerprint density at radius 1 is 0.793 bits per heavy atom. The highest BCUT2D eigenvalue weighted by molar-refractivity contribution is 6.22. The summed E-state index contributed by atoms with van der Waals surface area (Å²) in [6.07, 6.45) is 5.50.